The number of nitrogens with zero attached hydrogens (tertiary/aromatic N) is 5. The van der Waals surface area contributed by atoms with Gasteiger partial charge in [-0.2, -0.15) is 9.40 Å². The Labute approximate surface area is 157 Å². The van der Waals surface area contributed by atoms with Crippen LogP contribution in [0, 0.1) is 0 Å². The minimum Gasteiger partial charge on any atom is -0.371 e. The van der Waals surface area contributed by atoms with E-state index in [4.69, 9.17) is 9.26 Å². The molecule has 9 nitrogen and oxygen atoms in total. The minimum atomic E-state index is -3.70. The Morgan fingerprint density at radius 2 is 2.15 bits per heavy atom. The molecule has 1 aliphatic heterocycles. The van der Waals surface area contributed by atoms with Crippen LogP contribution in [0.5, 0.6) is 0 Å². The summed E-state index contributed by atoms with van der Waals surface area (Å²) in [6.45, 7) is 5.53. The van der Waals surface area contributed by atoms with Crippen LogP contribution in [0.3, 0.4) is 0 Å². The quantitative estimate of drug-likeness (QED) is 0.653. The zero-order valence-corrected chi connectivity index (χ0v) is 16.0. The van der Waals surface area contributed by atoms with E-state index in [1.54, 1.807) is 16.9 Å². The molecule has 0 aromatic carbocycles. The monoisotopic (exact) mass is 391 g/mol. The summed E-state index contributed by atoms with van der Waals surface area (Å²) in [5.41, 5.74) is 1.91. The lowest BCUT2D eigenvalue weighted by Crippen LogP contribution is -2.42. The first kappa shape index (κ1) is 18.1. The number of ether oxygens (including phenoxy) is 1. The third-order valence-corrected chi connectivity index (χ3v) is 6.56. The topological polar surface area (TPSA) is 103 Å². The first-order valence-electron chi connectivity index (χ1n) is 8.91. The second kappa shape index (κ2) is 7.02. The molecule has 4 rings (SSSR count). The van der Waals surface area contributed by atoms with Crippen LogP contribution in [0.1, 0.15) is 31.2 Å². The zero-order valence-electron chi connectivity index (χ0n) is 15.2. The zero-order chi connectivity index (χ0) is 19.0. The maximum atomic E-state index is 13.1. The highest BCUT2D eigenvalue weighted by atomic mass is 32.2. The lowest BCUT2D eigenvalue weighted by atomic mass is 10.2. The van der Waals surface area contributed by atoms with Gasteiger partial charge in [-0.1, -0.05) is 12.1 Å². The second-order valence-electron chi connectivity index (χ2n) is 6.36. The first-order chi connectivity index (χ1) is 13.0. The fraction of sp³-hybridized carbons (Fsp3) is 0.471. The van der Waals surface area contributed by atoms with E-state index in [-0.39, 0.29) is 17.5 Å². The van der Waals surface area contributed by atoms with Crippen molar-refractivity contribution in [1.29, 1.82) is 0 Å². The van der Waals surface area contributed by atoms with Crippen molar-refractivity contribution in [2.75, 3.05) is 19.7 Å². The van der Waals surface area contributed by atoms with Crippen molar-refractivity contribution in [2.24, 2.45) is 0 Å². The molecule has 3 aromatic rings. The molecule has 144 valence electrons. The molecule has 10 heteroatoms. The molecule has 0 spiro atoms. The molecule has 0 unspecified atom stereocenters. The van der Waals surface area contributed by atoms with Gasteiger partial charge in [0.15, 0.2) is 0 Å². The van der Waals surface area contributed by atoms with Crippen molar-refractivity contribution in [3.63, 3.8) is 0 Å². The lowest BCUT2D eigenvalue weighted by Gasteiger charge is -2.31. The van der Waals surface area contributed by atoms with Crippen molar-refractivity contribution >= 4 is 21.1 Å². The number of morpholine rings is 1. The molecule has 0 radical (unpaired) electrons. The van der Waals surface area contributed by atoms with E-state index in [2.05, 4.69) is 15.2 Å². The second-order valence-corrected chi connectivity index (χ2v) is 8.30. The van der Waals surface area contributed by atoms with Crippen LogP contribution in [0.2, 0.25) is 0 Å². The third kappa shape index (κ3) is 3.24. The van der Waals surface area contributed by atoms with Gasteiger partial charge in [-0.15, -0.1) is 0 Å². The highest BCUT2D eigenvalue weighted by Gasteiger charge is 2.32. The molecular formula is C17H21N5O4S. The van der Waals surface area contributed by atoms with Crippen LogP contribution < -0.4 is 0 Å². The minimum absolute atomic E-state index is 0.137. The maximum Gasteiger partial charge on any atom is 0.258 e. The Morgan fingerprint density at radius 1 is 1.30 bits per heavy atom. The van der Waals surface area contributed by atoms with Gasteiger partial charge in [0.1, 0.15) is 4.90 Å². The summed E-state index contributed by atoms with van der Waals surface area (Å²) in [4.78, 5) is 4.26. The SMILES string of the molecule is CCc1noc2ncc(S(=O)(=O)N3CCO[C@H](c4cnn(CC)c4)C3)cc12. The Hall–Kier alpha value is -2.30. The predicted molar refractivity (Wildman–Crippen MR) is 96.5 cm³/mol. The molecule has 0 aliphatic carbocycles. The molecule has 4 heterocycles. The number of hydrogen-bond acceptors (Lipinski definition) is 7. The fourth-order valence-electron chi connectivity index (χ4n) is 3.17. The fourth-order valence-corrected chi connectivity index (χ4v) is 4.57. The number of aryl methyl sites for hydroxylation is 2. The van der Waals surface area contributed by atoms with Crippen LogP contribution in [-0.2, 0) is 27.7 Å². The number of hydrogen-bond donors (Lipinski definition) is 0. The van der Waals surface area contributed by atoms with Crippen molar-refractivity contribution in [1.82, 2.24) is 24.2 Å². The number of fused-ring (bicyclic) bond motifs is 1. The summed E-state index contributed by atoms with van der Waals surface area (Å²) in [5.74, 6) is 0. The van der Waals surface area contributed by atoms with E-state index in [1.807, 2.05) is 20.0 Å². The molecule has 1 fully saturated rings. The van der Waals surface area contributed by atoms with E-state index in [1.165, 1.54) is 10.5 Å². The van der Waals surface area contributed by atoms with Gasteiger partial charge in [0.05, 0.1) is 36.2 Å². The van der Waals surface area contributed by atoms with Gasteiger partial charge < -0.3 is 9.26 Å². The largest absolute Gasteiger partial charge is 0.371 e. The summed E-state index contributed by atoms with van der Waals surface area (Å²) in [6.07, 6.45) is 5.23. The highest BCUT2D eigenvalue weighted by Crippen LogP contribution is 2.28. The Balaban J connectivity index is 1.62. The molecule has 27 heavy (non-hydrogen) atoms. The Kier molecular flexibility index (Phi) is 4.70. The Morgan fingerprint density at radius 3 is 2.89 bits per heavy atom. The van der Waals surface area contributed by atoms with Crippen molar-refractivity contribution in [3.8, 4) is 0 Å². The van der Waals surface area contributed by atoms with E-state index in [0.29, 0.717) is 36.4 Å². The normalized spacial score (nSPS) is 19.0. The summed E-state index contributed by atoms with van der Waals surface area (Å²) in [7, 11) is -3.70. The van der Waals surface area contributed by atoms with Gasteiger partial charge in [0.2, 0.25) is 10.0 Å². The lowest BCUT2D eigenvalue weighted by molar-refractivity contribution is -0.00260. The molecule has 3 aromatic heterocycles. The van der Waals surface area contributed by atoms with Crippen molar-refractivity contribution < 1.29 is 17.7 Å². The van der Waals surface area contributed by atoms with E-state index in [0.717, 1.165) is 12.1 Å². The van der Waals surface area contributed by atoms with Crippen LogP contribution in [0.25, 0.3) is 11.1 Å². The molecule has 0 amide bonds. The summed E-state index contributed by atoms with van der Waals surface area (Å²) in [5, 5.41) is 8.81. The van der Waals surface area contributed by atoms with Gasteiger partial charge in [0, 0.05) is 31.4 Å². The van der Waals surface area contributed by atoms with E-state index >= 15 is 0 Å². The van der Waals surface area contributed by atoms with Crippen molar-refractivity contribution in [3.05, 3.63) is 35.9 Å². The molecule has 1 atom stereocenters. The molecule has 1 saturated heterocycles. The number of rotatable bonds is 5. The molecule has 1 aliphatic rings. The van der Waals surface area contributed by atoms with Crippen LogP contribution in [0.4, 0.5) is 0 Å². The van der Waals surface area contributed by atoms with Crippen molar-refractivity contribution in [2.45, 2.75) is 37.8 Å². The van der Waals surface area contributed by atoms with Crippen LogP contribution >= 0.6 is 0 Å². The van der Waals surface area contributed by atoms with Gasteiger partial charge >= 0.3 is 0 Å². The molecule has 0 N–H and O–H groups in total. The van der Waals surface area contributed by atoms with Gasteiger partial charge in [-0.3, -0.25) is 4.68 Å². The summed E-state index contributed by atoms with van der Waals surface area (Å²) in [6, 6.07) is 1.59. The average molecular weight is 391 g/mol. The molecule has 0 bridgehead atoms. The van der Waals surface area contributed by atoms with Crippen LogP contribution in [-0.4, -0.2) is 52.3 Å². The van der Waals surface area contributed by atoms with Gasteiger partial charge in [0.25, 0.3) is 5.71 Å². The number of pyridine rings is 1. The third-order valence-electron chi connectivity index (χ3n) is 4.73. The van der Waals surface area contributed by atoms with Gasteiger partial charge in [-0.05, 0) is 19.4 Å². The van der Waals surface area contributed by atoms with E-state index in [9.17, 15) is 8.42 Å². The maximum absolute atomic E-state index is 13.1. The van der Waals surface area contributed by atoms with Gasteiger partial charge in [-0.25, -0.2) is 13.4 Å². The standard InChI is InChI=1S/C17H21N5O4S/c1-3-15-14-7-13(9-18-17(14)26-20-15)27(23,24)22-5-6-25-16(11-22)12-8-19-21(4-2)10-12/h7-10,16H,3-6,11H2,1-2H3/t16-/m0/s1. The molecule has 0 saturated carbocycles. The predicted octanol–water partition coefficient (Wildman–Crippen LogP) is 1.76. The Bertz CT molecular complexity index is 1060. The van der Waals surface area contributed by atoms with Crippen LogP contribution in [0.15, 0.2) is 34.1 Å². The highest BCUT2D eigenvalue weighted by molar-refractivity contribution is 7.89. The average Bonchev–Trinajstić information content (AvgIpc) is 3.34. The summed E-state index contributed by atoms with van der Waals surface area (Å²) >= 11 is 0. The number of sulfonamides is 1. The number of aromatic nitrogens is 4. The smallest absolute Gasteiger partial charge is 0.258 e. The first-order valence-corrected chi connectivity index (χ1v) is 10.3. The van der Waals surface area contributed by atoms with E-state index < -0.39 is 10.0 Å². The molecular weight excluding hydrogens is 370 g/mol. The summed E-state index contributed by atoms with van der Waals surface area (Å²) < 4.78 is 40.4.